The second-order valence-electron chi connectivity index (χ2n) is 7.20. The third kappa shape index (κ3) is 6.10. The molecular weight excluding hydrogens is 422 g/mol. The van der Waals surface area contributed by atoms with Crippen molar-refractivity contribution in [3.05, 3.63) is 94.5 Å². The molecule has 0 heterocycles. The Hall–Kier alpha value is -4.33. The third-order valence-corrected chi connectivity index (χ3v) is 5.00. The molecule has 0 bridgehead atoms. The first kappa shape index (κ1) is 23.3. The van der Waals surface area contributed by atoms with E-state index in [9.17, 15) is 14.4 Å². The molecule has 170 valence electrons. The van der Waals surface area contributed by atoms with Crippen molar-refractivity contribution in [2.24, 2.45) is 0 Å². The first-order chi connectivity index (χ1) is 15.9. The van der Waals surface area contributed by atoms with Gasteiger partial charge in [-0.05, 0) is 53.6 Å². The number of hydrogen-bond acceptors (Lipinski definition) is 6. The van der Waals surface area contributed by atoms with Crippen LogP contribution in [0, 0.1) is 0 Å². The number of nitrogen functional groups attached to an aromatic ring is 1. The van der Waals surface area contributed by atoms with E-state index < -0.39 is 11.9 Å². The van der Waals surface area contributed by atoms with E-state index in [0.717, 1.165) is 16.9 Å². The van der Waals surface area contributed by atoms with E-state index in [0.29, 0.717) is 17.7 Å². The van der Waals surface area contributed by atoms with Gasteiger partial charge in [-0.3, -0.25) is 9.59 Å². The van der Waals surface area contributed by atoms with Gasteiger partial charge in [0.05, 0.1) is 25.3 Å². The molecule has 33 heavy (non-hydrogen) atoms. The molecule has 0 aliphatic carbocycles. The summed E-state index contributed by atoms with van der Waals surface area (Å²) in [5, 5.41) is 5.60. The minimum Gasteiger partial charge on any atom is -0.497 e. The van der Waals surface area contributed by atoms with E-state index in [1.807, 2.05) is 24.3 Å². The van der Waals surface area contributed by atoms with Gasteiger partial charge in [0.2, 0.25) is 0 Å². The molecular formula is C25H25N3O5. The maximum Gasteiger partial charge on any atom is 0.337 e. The molecule has 0 atom stereocenters. The van der Waals surface area contributed by atoms with Crippen molar-refractivity contribution in [3.8, 4) is 5.75 Å². The number of ether oxygens (including phenoxy) is 2. The van der Waals surface area contributed by atoms with Gasteiger partial charge in [-0.2, -0.15) is 0 Å². The highest BCUT2D eigenvalue weighted by molar-refractivity contribution is 6.03. The highest BCUT2D eigenvalue weighted by atomic mass is 16.5. The van der Waals surface area contributed by atoms with Crippen LogP contribution in [-0.4, -0.2) is 32.0 Å². The van der Waals surface area contributed by atoms with Gasteiger partial charge in [-0.15, -0.1) is 0 Å². The lowest BCUT2D eigenvalue weighted by Gasteiger charge is -2.11. The lowest BCUT2D eigenvalue weighted by Crippen LogP contribution is -2.26. The summed E-state index contributed by atoms with van der Waals surface area (Å²) in [6.07, 6.45) is 0. The smallest absolute Gasteiger partial charge is 0.337 e. The number of esters is 1. The second-order valence-corrected chi connectivity index (χ2v) is 7.20. The fraction of sp³-hybridized carbons (Fsp3) is 0.160. The van der Waals surface area contributed by atoms with Gasteiger partial charge in [0.25, 0.3) is 11.8 Å². The van der Waals surface area contributed by atoms with Crippen LogP contribution in [0.4, 0.5) is 5.69 Å². The van der Waals surface area contributed by atoms with Crippen molar-refractivity contribution in [3.63, 3.8) is 0 Å². The van der Waals surface area contributed by atoms with Gasteiger partial charge in [-0.25, -0.2) is 4.79 Å². The molecule has 3 aromatic rings. The van der Waals surface area contributed by atoms with Crippen LogP contribution in [0.25, 0.3) is 0 Å². The number of amides is 2. The molecule has 0 unspecified atom stereocenters. The summed E-state index contributed by atoms with van der Waals surface area (Å²) >= 11 is 0. The molecule has 3 aromatic carbocycles. The SMILES string of the molecule is COC(=O)c1ccc(CNC(=O)c2cc(C(=O)NCc3ccc(OC)cc3)ccc2N)cc1. The van der Waals surface area contributed by atoms with E-state index in [1.165, 1.54) is 19.2 Å². The number of anilines is 1. The maximum atomic E-state index is 12.7. The zero-order valence-electron chi connectivity index (χ0n) is 18.4. The number of carbonyl (C=O) groups excluding carboxylic acids is 3. The van der Waals surface area contributed by atoms with E-state index >= 15 is 0 Å². The van der Waals surface area contributed by atoms with Gasteiger partial charge < -0.3 is 25.8 Å². The van der Waals surface area contributed by atoms with Crippen molar-refractivity contribution in [1.82, 2.24) is 10.6 Å². The Morgan fingerprint density at radius 2 is 1.30 bits per heavy atom. The number of rotatable bonds is 8. The molecule has 0 radical (unpaired) electrons. The van der Waals surface area contributed by atoms with Gasteiger partial charge in [0.15, 0.2) is 0 Å². The van der Waals surface area contributed by atoms with Gasteiger partial charge in [0.1, 0.15) is 5.75 Å². The lowest BCUT2D eigenvalue weighted by molar-refractivity contribution is 0.0600. The number of nitrogens with one attached hydrogen (secondary N) is 2. The first-order valence-electron chi connectivity index (χ1n) is 10.2. The summed E-state index contributed by atoms with van der Waals surface area (Å²) in [4.78, 5) is 36.7. The average Bonchev–Trinajstić information content (AvgIpc) is 2.86. The number of methoxy groups -OCH3 is 2. The quantitative estimate of drug-likeness (QED) is 0.361. The number of nitrogens with two attached hydrogens (primary N) is 1. The molecule has 0 spiro atoms. The topological polar surface area (TPSA) is 120 Å². The number of benzene rings is 3. The number of carbonyl (C=O) groups is 3. The van der Waals surface area contributed by atoms with E-state index in [4.69, 9.17) is 10.5 Å². The lowest BCUT2D eigenvalue weighted by atomic mass is 10.1. The van der Waals surface area contributed by atoms with Crippen LogP contribution >= 0.6 is 0 Å². The highest BCUT2D eigenvalue weighted by Gasteiger charge is 2.14. The van der Waals surface area contributed by atoms with Crippen molar-refractivity contribution in [2.45, 2.75) is 13.1 Å². The third-order valence-electron chi connectivity index (χ3n) is 5.00. The maximum absolute atomic E-state index is 12.7. The van der Waals surface area contributed by atoms with Crippen LogP contribution in [0.15, 0.2) is 66.7 Å². The molecule has 8 heteroatoms. The summed E-state index contributed by atoms with van der Waals surface area (Å²) in [6.45, 7) is 0.559. The minimum atomic E-state index is -0.430. The van der Waals surface area contributed by atoms with Crippen molar-refractivity contribution in [1.29, 1.82) is 0 Å². The van der Waals surface area contributed by atoms with Crippen LogP contribution in [0.3, 0.4) is 0 Å². The van der Waals surface area contributed by atoms with Crippen LogP contribution in [0.1, 0.15) is 42.2 Å². The Morgan fingerprint density at radius 1 is 0.758 bits per heavy atom. The van der Waals surface area contributed by atoms with Gasteiger partial charge >= 0.3 is 5.97 Å². The fourth-order valence-corrected chi connectivity index (χ4v) is 3.08. The molecule has 3 rings (SSSR count). The zero-order chi connectivity index (χ0) is 23.8. The molecule has 0 saturated heterocycles. The normalized spacial score (nSPS) is 10.2. The highest BCUT2D eigenvalue weighted by Crippen LogP contribution is 2.16. The summed E-state index contributed by atoms with van der Waals surface area (Å²) in [7, 11) is 2.90. The Morgan fingerprint density at radius 3 is 1.88 bits per heavy atom. The van der Waals surface area contributed by atoms with Gasteiger partial charge in [-0.1, -0.05) is 24.3 Å². The van der Waals surface area contributed by atoms with E-state index in [1.54, 1.807) is 37.4 Å². The Bertz CT molecular complexity index is 1140. The van der Waals surface area contributed by atoms with Crippen molar-refractivity contribution < 1.29 is 23.9 Å². The van der Waals surface area contributed by atoms with Crippen LogP contribution in [0.5, 0.6) is 5.75 Å². The molecule has 0 fully saturated rings. The summed E-state index contributed by atoms with van der Waals surface area (Å²) in [5.74, 6) is -0.424. The fourth-order valence-electron chi connectivity index (χ4n) is 3.08. The minimum absolute atomic E-state index is 0.207. The Balaban J connectivity index is 1.61. The van der Waals surface area contributed by atoms with Crippen LogP contribution in [0.2, 0.25) is 0 Å². The monoisotopic (exact) mass is 447 g/mol. The molecule has 0 saturated carbocycles. The molecule has 8 nitrogen and oxygen atoms in total. The van der Waals surface area contributed by atoms with Crippen molar-refractivity contribution >= 4 is 23.5 Å². The predicted octanol–water partition coefficient (Wildman–Crippen LogP) is 2.92. The molecule has 0 aliphatic rings. The predicted molar refractivity (Wildman–Crippen MR) is 124 cm³/mol. The summed E-state index contributed by atoms with van der Waals surface area (Å²) in [6, 6.07) is 18.6. The zero-order valence-corrected chi connectivity index (χ0v) is 18.4. The van der Waals surface area contributed by atoms with Crippen molar-refractivity contribution in [2.75, 3.05) is 20.0 Å². The van der Waals surface area contributed by atoms with E-state index in [2.05, 4.69) is 15.4 Å². The largest absolute Gasteiger partial charge is 0.497 e. The van der Waals surface area contributed by atoms with E-state index in [-0.39, 0.29) is 23.7 Å². The molecule has 4 N–H and O–H groups in total. The number of hydrogen-bond donors (Lipinski definition) is 3. The molecule has 0 aromatic heterocycles. The average molecular weight is 447 g/mol. The Kier molecular flexibility index (Phi) is 7.64. The first-order valence-corrected chi connectivity index (χ1v) is 10.2. The molecule has 2 amide bonds. The van der Waals surface area contributed by atoms with Crippen LogP contribution in [-0.2, 0) is 17.8 Å². The summed E-state index contributed by atoms with van der Waals surface area (Å²) in [5.41, 5.74) is 8.89. The second kappa shape index (κ2) is 10.8. The van der Waals surface area contributed by atoms with Crippen LogP contribution < -0.4 is 21.1 Å². The molecule has 0 aliphatic heterocycles. The summed E-state index contributed by atoms with van der Waals surface area (Å²) < 4.78 is 9.79. The Labute approximate surface area is 191 Å². The standard InChI is InChI=1S/C25H25N3O5/c1-32-20-10-5-17(6-11-20)14-27-23(29)19-9-12-22(26)21(13-19)24(30)28-15-16-3-7-18(8-4-16)25(31)33-2/h3-13H,14-15,26H2,1-2H3,(H,27,29)(H,28,30). The van der Waals surface area contributed by atoms with Gasteiger partial charge in [0, 0.05) is 24.3 Å².